The number of ether oxygens (including phenoxy) is 1. The molecule has 0 aromatic heterocycles. The number of nitro benzene ring substituents is 1. The maximum absolute atomic E-state index is 10.6. The number of non-ortho nitro benzene ring substituents is 1. The van der Waals surface area contributed by atoms with Gasteiger partial charge in [-0.2, -0.15) is 5.26 Å². The summed E-state index contributed by atoms with van der Waals surface area (Å²) in [6, 6.07) is 7.81. The molecule has 19 heavy (non-hydrogen) atoms. The van der Waals surface area contributed by atoms with Gasteiger partial charge in [-0.05, 0) is 28.1 Å². The smallest absolute Gasteiger partial charge is 0.269 e. The molecule has 0 N–H and O–H groups in total. The summed E-state index contributed by atoms with van der Waals surface area (Å²) < 4.78 is 5.35. The topological polar surface area (TPSA) is 101 Å². The van der Waals surface area contributed by atoms with Crippen molar-refractivity contribution in [1.82, 2.24) is 0 Å². The quantitative estimate of drug-likeness (QED) is 0.484. The van der Waals surface area contributed by atoms with Crippen LogP contribution in [-0.2, 0) is 4.74 Å². The van der Waals surface area contributed by atoms with Crippen LogP contribution in [0.15, 0.2) is 34.5 Å². The van der Waals surface area contributed by atoms with Crippen LogP contribution in [0.3, 0.4) is 0 Å². The van der Waals surface area contributed by atoms with Crippen LogP contribution in [0.5, 0.6) is 0 Å². The number of nitriles is 1. The van der Waals surface area contributed by atoms with E-state index in [4.69, 9.17) is 10.00 Å². The first-order valence-electron chi connectivity index (χ1n) is 5.18. The lowest BCUT2D eigenvalue weighted by Gasteiger charge is -2.18. The second kappa shape index (κ2) is 5.58. The van der Waals surface area contributed by atoms with E-state index in [9.17, 15) is 10.1 Å². The van der Waals surface area contributed by atoms with Gasteiger partial charge in [-0.1, -0.05) is 0 Å². The maximum atomic E-state index is 10.6. The first-order chi connectivity index (χ1) is 9.11. The number of rotatable bonds is 3. The molecule has 2 rings (SSSR count). The van der Waals surface area contributed by atoms with E-state index in [-0.39, 0.29) is 18.0 Å². The second-order valence-corrected chi connectivity index (χ2v) is 4.38. The van der Waals surface area contributed by atoms with Gasteiger partial charge in [-0.25, -0.2) is 0 Å². The van der Waals surface area contributed by atoms with E-state index in [1.165, 1.54) is 12.1 Å². The number of benzene rings is 1. The van der Waals surface area contributed by atoms with Gasteiger partial charge in [0, 0.05) is 17.7 Å². The van der Waals surface area contributed by atoms with Gasteiger partial charge in [0.15, 0.2) is 5.01 Å². The Morgan fingerprint density at radius 2 is 2.11 bits per heavy atom. The number of hydrogen-bond acceptors (Lipinski definition) is 6. The number of hydrogen-bond donors (Lipinski definition) is 0. The lowest BCUT2D eigenvalue weighted by atomic mass is 10.1. The van der Waals surface area contributed by atoms with Crippen molar-refractivity contribution in [3.8, 4) is 6.07 Å². The summed E-state index contributed by atoms with van der Waals surface area (Å²) in [6.07, 6.45) is 0.0408. The van der Waals surface area contributed by atoms with Gasteiger partial charge in [-0.15, -0.1) is 10.2 Å². The van der Waals surface area contributed by atoms with Crippen LogP contribution in [0.4, 0.5) is 5.69 Å². The Hall–Kier alpha value is -2.27. The van der Waals surface area contributed by atoms with Crippen molar-refractivity contribution in [1.29, 1.82) is 5.26 Å². The van der Waals surface area contributed by atoms with E-state index in [0.29, 0.717) is 11.3 Å². The fraction of sp³-hybridized carbons (Fsp3) is 0.182. The van der Waals surface area contributed by atoms with Crippen LogP contribution < -0.4 is 0 Å². The molecule has 0 aliphatic carbocycles. The SMILES string of the molecule is N#CCC1=NN=C(c2ccc([N+](=O)[O-])cc2)C(Br)O1. The molecule has 1 aliphatic heterocycles. The molecule has 1 aromatic carbocycles. The van der Waals surface area contributed by atoms with Gasteiger partial charge in [-0.3, -0.25) is 10.1 Å². The molecule has 7 nitrogen and oxygen atoms in total. The highest BCUT2D eigenvalue weighted by molar-refractivity contribution is 9.09. The molecule has 0 fully saturated rings. The van der Waals surface area contributed by atoms with E-state index >= 15 is 0 Å². The lowest BCUT2D eigenvalue weighted by molar-refractivity contribution is -0.384. The predicted molar refractivity (Wildman–Crippen MR) is 71.1 cm³/mol. The molecular weight excluding hydrogens is 316 g/mol. The highest BCUT2D eigenvalue weighted by atomic mass is 79.9. The number of nitro groups is 1. The van der Waals surface area contributed by atoms with Gasteiger partial charge in [0.1, 0.15) is 12.1 Å². The minimum absolute atomic E-state index is 0.000807. The first-order valence-corrected chi connectivity index (χ1v) is 6.10. The van der Waals surface area contributed by atoms with E-state index < -0.39 is 9.94 Å². The third-order valence-electron chi connectivity index (χ3n) is 2.33. The standard InChI is InChI=1S/C11H7BrN4O3/c12-11-10(15-14-9(19-11)5-6-13)7-1-3-8(4-2-7)16(17)18/h1-4,11H,5H2. The Labute approximate surface area is 116 Å². The second-order valence-electron chi connectivity index (χ2n) is 3.55. The zero-order valence-corrected chi connectivity index (χ0v) is 11.1. The van der Waals surface area contributed by atoms with Gasteiger partial charge in [0.05, 0.1) is 11.0 Å². The summed E-state index contributed by atoms with van der Waals surface area (Å²) in [4.78, 5) is 10.1. The molecule has 0 bridgehead atoms. The Balaban J connectivity index is 2.27. The van der Waals surface area contributed by atoms with Crippen LogP contribution in [0.2, 0.25) is 0 Å². The van der Waals surface area contributed by atoms with Crippen molar-refractivity contribution >= 4 is 33.2 Å². The molecule has 1 heterocycles. The molecule has 1 aliphatic rings. The third-order valence-corrected chi connectivity index (χ3v) is 2.95. The lowest BCUT2D eigenvalue weighted by Crippen LogP contribution is -2.25. The zero-order chi connectivity index (χ0) is 13.8. The van der Waals surface area contributed by atoms with Crippen LogP contribution in [0.1, 0.15) is 12.0 Å². The summed E-state index contributed by atoms with van der Waals surface area (Å²) in [5.74, 6) is 0.232. The fourth-order valence-corrected chi connectivity index (χ4v) is 2.01. The molecule has 0 amide bonds. The van der Waals surface area contributed by atoms with Gasteiger partial charge < -0.3 is 4.74 Å². The fourth-order valence-electron chi connectivity index (χ4n) is 1.44. The maximum Gasteiger partial charge on any atom is 0.269 e. The number of halogens is 1. The monoisotopic (exact) mass is 322 g/mol. The number of nitrogens with zero attached hydrogens (tertiary/aromatic N) is 4. The summed E-state index contributed by atoms with van der Waals surface area (Å²) in [5, 5.41) is 26.3. The normalized spacial score (nSPS) is 17.8. The van der Waals surface area contributed by atoms with E-state index in [1.807, 2.05) is 6.07 Å². The summed E-state index contributed by atoms with van der Waals surface area (Å²) >= 11 is 3.27. The van der Waals surface area contributed by atoms with Crippen LogP contribution in [0, 0.1) is 21.4 Å². The predicted octanol–water partition coefficient (Wildman–Crippen LogP) is 2.36. The van der Waals surface area contributed by atoms with E-state index in [1.54, 1.807) is 12.1 Å². The molecule has 1 aromatic rings. The van der Waals surface area contributed by atoms with Crippen molar-refractivity contribution in [2.45, 2.75) is 11.4 Å². The molecule has 1 unspecified atom stereocenters. The highest BCUT2D eigenvalue weighted by Crippen LogP contribution is 2.20. The van der Waals surface area contributed by atoms with E-state index in [2.05, 4.69) is 26.1 Å². The molecule has 1 atom stereocenters. The molecule has 8 heteroatoms. The van der Waals surface area contributed by atoms with Crippen LogP contribution >= 0.6 is 15.9 Å². The van der Waals surface area contributed by atoms with Crippen molar-refractivity contribution < 1.29 is 9.66 Å². The largest absolute Gasteiger partial charge is 0.457 e. The van der Waals surface area contributed by atoms with Crippen molar-refractivity contribution in [2.75, 3.05) is 0 Å². The minimum Gasteiger partial charge on any atom is -0.457 e. The highest BCUT2D eigenvalue weighted by Gasteiger charge is 2.22. The Morgan fingerprint density at radius 1 is 1.42 bits per heavy atom. The van der Waals surface area contributed by atoms with Crippen LogP contribution in [-0.4, -0.2) is 21.5 Å². The Bertz CT molecular complexity index is 603. The molecule has 96 valence electrons. The first kappa shape index (κ1) is 13.2. The van der Waals surface area contributed by atoms with Crippen molar-refractivity contribution in [3.63, 3.8) is 0 Å². The summed E-state index contributed by atoms with van der Waals surface area (Å²) in [6.45, 7) is 0. The third kappa shape index (κ3) is 2.95. The van der Waals surface area contributed by atoms with Crippen LogP contribution in [0.25, 0.3) is 0 Å². The summed E-state index contributed by atoms with van der Waals surface area (Å²) in [7, 11) is 0. The molecule has 0 saturated heterocycles. The molecular formula is C11H7BrN4O3. The zero-order valence-electron chi connectivity index (χ0n) is 9.49. The Morgan fingerprint density at radius 3 is 2.63 bits per heavy atom. The average molecular weight is 323 g/mol. The summed E-state index contributed by atoms with van der Waals surface area (Å²) in [5.41, 5.74) is 1.16. The molecule has 0 saturated carbocycles. The Kier molecular flexibility index (Phi) is 3.87. The van der Waals surface area contributed by atoms with Crippen molar-refractivity contribution in [3.05, 3.63) is 39.9 Å². The molecule has 0 radical (unpaired) electrons. The van der Waals surface area contributed by atoms with Gasteiger partial charge in [0.2, 0.25) is 5.90 Å². The molecule has 0 spiro atoms. The number of alkyl halides is 1. The van der Waals surface area contributed by atoms with Gasteiger partial charge >= 0.3 is 0 Å². The van der Waals surface area contributed by atoms with Crippen molar-refractivity contribution in [2.24, 2.45) is 10.2 Å². The minimum atomic E-state index is -0.533. The van der Waals surface area contributed by atoms with Gasteiger partial charge in [0.25, 0.3) is 5.69 Å². The van der Waals surface area contributed by atoms with E-state index in [0.717, 1.165) is 0 Å². The average Bonchev–Trinajstić information content (AvgIpc) is 2.39.